The normalized spacial score (nSPS) is 13.6. The molecular formula is C24H39N5O10. The van der Waals surface area contributed by atoms with Gasteiger partial charge in [0.2, 0.25) is 23.6 Å². The van der Waals surface area contributed by atoms with Crippen LogP contribution in [0.4, 0.5) is 0 Å². The smallest absolute Gasteiger partial charge is 0.326 e. The number of amides is 4. The first-order valence-corrected chi connectivity index (χ1v) is 12.7. The predicted octanol–water partition coefficient (Wildman–Crippen LogP) is -1.63. The lowest BCUT2D eigenvalue weighted by Crippen LogP contribution is -2.43. The summed E-state index contributed by atoms with van der Waals surface area (Å²) in [7, 11) is 0. The van der Waals surface area contributed by atoms with Crippen LogP contribution >= 0.6 is 0 Å². The minimum atomic E-state index is -1.43. The summed E-state index contributed by atoms with van der Waals surface area (Å²) in [6.45, 7) is 2.49. The number of carbonyl (C=O) groups is 8. The molecule has 0 rings (SSSR count). The molecule has 39 heavy (non-hydrogen) atoms. The first kappa shape index (κ1) is 35.1. The molecule has 2 unspecified atom stereocenters. The number of hydrogen-bond acceptors (Lipinski definition) is 9. The van der Waals surface area contributed by atoms with Crippen molar-refractivity contribution in [3.05, 3.63) is 0 Å². The SMILES string of the molecule is CCCCNC(=O)CC[C@@H](C=O)NC(=O)CCC(NC(=O)CC[C@@H](C=O)NC(=O)CCC(N)C(=O)O)C(=O)O. The van der Waals surface area contributed by atoms with Crippen molar-refractivity contribution in [1.82, 2.24) is 21.3 Å². The maximum Gasteiger partial charge on any atom is 0.326 e. The highest BCUT2D eigenvalue weighted by Gasteiger charge is 2.23. The number of rotatable bonds is 22. The van der Waals surface area contributed by atoms with Crippen molar-refractivity contribution in [2.24, 2.45) is 5.73 Å². The van der Waals surface area contributed by atoms with Crippen LogP contribution in [0.1, 0.15) is 71.1 Å². The van der Waals surface area contributed by atoms with E-state index in [4.69, 9.17) is 10.8 Å². The zero-order valence-electron chi connectivity index (χ0n) is 22.0. The predicted molar refractivity (Wildman–Crippen MR) is 136 cm³/mol. The molecule has 15 heteroatoms. The maximum absolute atomic E-state index is 12.2. The Bertz CT molecular complexity index is 866. The summed E-state index contributed by atoms with van der Waals surface area (Å²) >= 11 is 0. The molecule has 0 fully saturated rings. The summed E-state index contributed by atoms with van der Waals surface area (Å²) in [5.41, 5.74) is 5.31. The molecule has 4 atom stereocenters. The largest absolute Gasteiger partial charge is 0.480 e. The van der Waals surface area contributed by atoms with E-state index >= 15 is 0 Å². The van der Waals surface area contributed by atoms with Gasteiger partial charge in [0.05, 0.1) is 12.1 Å². The van der Waals surface area contributed by atoms with Gasteiger partial charge in [0.15, 0.2) is 0 Å². The Morgan fingerprint density at radius 3 is 1.62 bits per heavy atom. The topological polar surface area (TPSA) is 251 Å². The molecule has 0 aromatic rings. The summed E-state index contributed by atoms with van der Waals surface area (Å²) < 4.78 is 0. The van der Waals surface area contributed by atoms with Crippen LogP contribution in [0.15, 0.2) is 0 Å². The van der Waals surface area contributed by atoms with Crippen molar-refractivity contribution < 1.29 is 48.6 Å². The number of nitrogens with one attached hydrogen (secondary N) is 4. The van der Waals surface area contributed by atoms with Gasteiger partial charge in [0, 0.05) is 32.2 Å². The van der Waals surface area contributed by atoms with Crippen LogP contribution in [0.2, 0.25) is 0 Å². The van der Waals surface area contributed by atoms with Gasteiger partial charge in [0.25, 0.3) is 0 Å². The van der Waals surface area contributed by atoms with Crippen molar-refractivity contribution in [3.63, 3.8) is 0 Å². The van der Waals surface area contributed by atoms with Gasteiger partial charge < -0.3 is 46.8 Å². The van der Waals surface area contributed by atoms with E-state index in [0.717, 1.165) is 12.8 Å². The molecule has 0 spiro atoms. The number of carboxylic acids is 2. The number of nitrogens with two attached hydrogens (primary N) is 1. The number of carbonyl (C=O) groups excluding carboxylic acids is 6. The molecule has 8 N–H and O–H groups in total. The van der Waals surface area contributed by atoms with Gasteiger partial charge in [-0.3, -0.25) is 24.0 Å². The summed E-state index contributed by atoms with van der Waals surface area (Å²) in [5, 5.41) is 27.8. The van der Waals surface area contributed by atoms with Crippen LogP contribution in [-0.4, -0.2) is 89.1 Å². The molecule has 15 nitrogen and oxygen atoms in total. The Kier molecular flexibility index (Phi) is 18.1. The zero-order valence-corrected chi connectivity index (χ0v) is 22.0. The minimum absolute atomic E-state index is 0.0271. The third-order valence-electron chi connectivity index (χ3n) is 5.53. The molecule has 0 aliphatic carbocycles. The van der Waals surface area contributed by atoms with Crippen LogP contribution in [0, 0.1) is 0 Å². The minimum Gasteiger partial charge on any atom is -0.480 e. The molecule has 0 radical (unpaired) electrons. The van der Waals surface area contributed by atoms with Crippen molar-refractivity contribution >= 4 is 48.1 Å². The second-order valence-corrected chi connectivity index (χ2v) is 8.88. The Morgan fingerprint density at radius 1 is 0.692 bits per heavy atom. The summed E-state index contributed by atoms with van der Waals surface area (Å²) in [6.07, 6.45) is 1.24. The van der Waals surface area contributed by atoms with Gasteiger partial charge >= 0.3 is 11.9 Å². The van der Waals surface area contributed by atoms with Crippen molar-refractivity contribution in [3.8, 4) is 0 Å². The molecule has 0 saturated carbocycles. The number of aliphatic carboxylic acids is 2. The van der Waals surface area contributed by atoms with Crippen LogP contribution < -0.4 is 27.0 Å². The summed E-state index contributed by atoms with van der Waals surface area (Å²) in [5.74, 6) is -4.94. The van der Waals surface area contributed by atoms with Crippen LogP contribution in [0.5, 0.6) is 0 Å². The van der Waals surface area contributed by atoms with E-state index in [1.807, 2.05) is 6.92 Å². The van der Waals surface area contributed by atoms with Crippen LogP contribution in [-0.2, 0) is 38.4 Å². The van der Waals surface area contributed by atoms with Gasteiger partial charge in [0.1, 0.15) is 24.7 Å². The Morgan fingerprint density at radius 2 is 1.15 bits per heavy atom. The Hall–Kier alpha value is -3.88. The van der Waals surface area contributed by atoms with E-state index in [0.29, 0.717) is 19.1 Å². The number of hydrogen-bond donors (Lipinski definition) is 7. The fraction of sp³-hybridized carbons (Fsp3) is 0.667. The molecule has 220 valence electrons. The average molecular weight is 558 g/mol. The van der Waals surface area contributed by atoms with Gasteiger partial charge in [-0.05, 0) is 32.1 Å². The first-order chi connectivity index (χ1) is 18.4. The Balaban J connectivity index is 4.56. The lowest BCUT2D eigenvalue weighted by Gasteiger charge is -2.17. The van der Waals surface area contributed by atoms with E-state index in [-0.39, 0.29) is 57.3 Å². The highest BCUT2D eigenvalue weighted by Crippen LogP contribution is 2.04. The molecule has 0 aromatic carbocycles. The van der Waals surface area contributed by atoms with E-state index in [2.05, 4.69) is 21.3 Å². The van der Waals surface area contributed by atoms with Crippen LogP contribution in [0.25, 0.3) is 0 Å². The number of aldehydes is 2. The lowest BCUT2D eigenvalue weighted by molar-refractivity contribution is -0.142. The number of unbranched alkanes of at least 4 members (excludes halogenated alkanes) is 1. The maximum atomic E-state index is 12.2. The van der Waals surface area contributed by atoms with Gasteiger partial charge in [-0.1, -0.05) is 13.3 Å². The number of carboxylic acid groups (broad SMARTS) is 2. The van der Waals surface area contributed by atoms with Gasteiger partial charge in [-0.15, -0.1) is 0 Å². The highest BCUT2D eigenvalue weighted by molar-refractivity contribution is 5.86. The van der Waals surface area contributed by atoms with Gasteiger partial charge in [-0.25, -0.2) is 4.79 Å². The fourth-order valence-corrected chi connectivity index (χ4v) is 3.18. The van der Waals surface area contributed by atoms with Crippen molar-refractivity contribution in [2.45, 2.75) is 95.3 Å². The molecule has 4 amide bonds. The molecule has 0 aromatic heterocycles. The molecule has 0 aliphatic rings. The standard InChI is InChI=1S/C24H39N5O10/c1-2-3-12-26-19(32)8-4-15(13-30)28-21(34)11-7-18(24(38)39)29-22(35)9-5-16(14-31)27-20(33)10-6-17(25)23(36)37/h13-18H,2-12,25H2,1H3,(H,26,32)(H,27,33)(H,28,34)(H,29,35)(H,36,37)(H,38,39)/t15-,16-,17?,18?/m0/s1. The van der Waals surface area contributed by atoms with Crippen molar-refractivity contribution in [2.75, 3.05) is 6.54 Å². The highest BCUT2D eigenvalue weighted by atomic mass is 16.4. The lowest BCUT2D eigenvalue weighted by atomic mass is 10.1. The second kappa shape index (κ2) is 20.1. The zero-order chi connectivity index (χ0) is 29.8. The second-order valence-electron chi connectivity index (χ2n) is 8.88. The third kappa shape index (κ3) is 17.3. The molecular weight excluding hydrogens is 518 g/mol. The first-order valence-electron chi connectivity index (χ1n) is 12.7. The monoisotopic (exact) mass is 557 g/mol. The Labute approximate surface area is 226 Å². The van der Waals surface area contributed by atoms with Crippen LogP contribution in [0.3, 0.4) is 0 Å². The van der Waals surface area contributed by atoms with E-state index in [9.17, 15) is 43.5 Å². The summed E-state index contributed by atoms with van der Waals surface area (Å²) in [6, 6.07) is -4.66. The molecule has 0 aliphatic heterocycles. The average Bonchev–Trinajstić information content (AvgIpc) is 2.89. The van der Waals surface area contributed by atoms with E-state index < -0.39 is 53.8 Å². The van der Waals surface area contributed by atoms with Gasteiger partial charge in [-0.2, -0.15) is 0 Å². The van der Waals surface area contributed by atoms with E-state index in [1.165, 1.54) is 0 Å². The quantitative estimate of drug-likeness (QED) is 0.0587. The molecule has 0 bridgehead atoms. The fourth-order valence-electron chi connectivity index (χ4n) is 3.18. The van der Waals surface area contributed by atoms with E-state index in [1.54, 1.807) is 0 Å². The van der Waals surface area contributed by atoms with Crippen molar-refractivity contribution in [1.29, 1.82) is 0 Å². The molecule has 0 heterocycles. The molecule has 0 saturated heterocycles. The summed E-state index contributed by atoms with van der Waals surface area (Å²) in [4.78, 5) is 92.6. The third-order valence-corrected chi connectivity index (χ3v) is 5.53.